The molecule has 0 spiro atoms. The van der Waals surface area contributed by atoms with Crippen LogP contribution >= 0.6 is 0 Å². The molecule has 1 aliphatic rings. The zero-order chi connectivity index (χ0) is 9.26. The lowest BCUT2D eigenvalue weighted by molar-refractivity contribution is 0.111. The molecule has 2 heterocycles. The second kappa shape index (κ2) is 3.30. The molecule has 1 saturated heterocycles. The van der Waals surface area contributed by atoms with Crippen LogP contribution in [0.4, 0.5) is 0 Å². The highest BCUT2D eigenvalue weighted by Crippen LogP contribution is 2.20. The van der Waals surface area contributed by atoms with Gasteiger partial charge in [-0.05, 0) is 20.0 Å². The van der Waals surface area contributed by atoms with Gasteiger partial charge in [-0.25, -0.2) is 4.98 Å². The van der Waals surface area contributed by atoms with E-state index in [0.29, 0.717) is 11.7 Å². The van der Waals surface area contributed by atoms with Gasteiger partial charge in [-0.2, -0.15) is 0 Å². The predicted molar refractivity (Wildman–Crippen MR) is 48.8 cm³/mol. The van der Waals surface area contributed by atoms with Gasteiger partial charge in [0.1, 0.15) is 5.69 Å². The molecule has 0 amide bonds. The Kier molecular flexibility index (Phi) is 2.14. The first-order chi connectivity index (χ1) is 6.31. The Balaban J connectivity index is 2.20. The van der Waals surface area contributed by atoms with Gasteiger partial charge in [-0.3, -0.25) is 4.79 Å². The number of hydrogen-bond donors (Lipinski definition) is 0. The minimum atomic E-state index is 0.424. The Bertz CT molecular complexity index is 308. The van der Waals surface area contributed by atoms with Crippen molar-refractivity contribution in [2.75, 3.05) is 20.1 Å². The first-order valence-electron chi connectivity index (χ1n) is 4.47. The molecule has 1 atom stereocenters. The Labute approximate surface area is 77.2 Å². The molecule has 0 aliphatic carbocycles. The van der Waals surface area contributed by atoms with Gasteiger partial charge in [0.25, 0.3) is 0 Å². The smallest absolute Gasteiger partial charge is 0.168 e. The highest BCUT2D eigenvalue weighted by Gasteiger charge is 2.22. The third-order valence-corrected chi connectivity index (χ3v) is 2.58. The standard InChI is InChI=1S/C9H13N3O/c1-11-3-2-8(5-11)12-7-10-4-9(12)6-13/h4,6-8H,2-3,5H2,1H3. The van der Waals surface area contributed by atoms with Crippen molar-refractivity contribution in [1.82, 2.24) is 14.5 Å². The summed E-state index contributed by atoms with van der Waals surface area (Å²) in [4.78, 5) is 16.9. The van der Waals surface area contributed by atoms with E-state index in [0.717, 1.165) is 25.8 Å². The SMILES string of the molecule is CN1CCC(n2cncc2C=O)C1. The number of nitrogens with zero attached hydrogens (tertiary/aromatic N) is 3. The van der Waals surface area contributed by atoms with Crippen LogP contribution in [0.3, 0.4) is 0 Å². The lowest BCUT2D eigenvalue weighted by Gasteiger charge is -2.12. The number of carbonyl (C=O) groups is 1. The summed E-state index contributed by atoms with van der Waals surface area (Å²) in [5, 5.41) is 0. The van der Waals surface area contributed by atoms with E-state index in [1.807, 2.05) is 4.57 Å². The predicted octanol–water partition coefficient (Wildman–Crippen LogP) is 0.572. The molecule has 2 rings (SSSR count). The summed E-state index contributed by atoms with van der Waals surface area (Å²) in [6.07, 6.45) is 5.33. The maximum Gasteiger partial charge on any atom is 0.168 e. The molecule has 4 heteroatoms. The average molecular weight is 179 g/mol. The molecular formula is C9H13N3O. The monoisotopic (exact) mass is 179 g/mol. The fourth-order valence-corrected chi connectivity index (χ4v) is 1.85. The number of rotatable bonds is 2. The van der Waals surface area contributed by atoms with Gasteiger partial charge in [0.05, 0.1) is 12.5 Å². The van der Waals surface area contributed by atoms with E-state index in [1.54, 1.807) is 12.5 Å². The van der Waals surface area contributed by atoms with Gasteiger partial charge < -0.3 is 9.47 Å². The topological polar surface area (TPSA) is 38.1 Å². The molecule has 0 radical (unpaired) electrons. The second-order valence-corrected chi connectivity index (χ2v) is 3.55. The zero-order valence-electron chi connectivity index (χ0n) is 7.68. The molecule has 0 bridgehead atoms. The quantitative estimate of drug-likeness (QED) is 0.623. The molecule has 13 heavy (non-hydrogen) atoms. The lowest BCUT2D eigenvalue weighted by atomic mass is 10.2. The lowest BCUT2D eigenvalue weighted by Crippen LogP contribution is -2.17. The summed E-state index contributed by atoms with van der Waals surface area (Å²) in [5.74, 6) is 0. The Morgan fingerprint density at radius 1 is 1.69 bits per heavy atom. The van der Waals surface area contributed by atoms with Gasteiger partial charge in [0, 0.05) is 12.6 Å². The van der Waals surface area contributed by atoms with Crippen molar-refractivity contribution in [1.29, 1.82) is 0 Å². The molecule has 1 aromatic rings. The van der Waals surface area contributed by atoms with Crippen molar-refractivity contribution in [2.45, 2.75) is 12.5 Å². The van der Waals surface area contributed by atoms with Gasteiger partial charge in [0.15, 0.2) is 6.29 Å². The van der Waals surface area contributed by atoms with Crippen LogP contribution < -0.4 is 0 Å². The van der Waals surface area contributed by atoms with Crippen molar-refractivity contribution in [3.8, 4) is 0 Å². The molecular weight excluding hydrogens is 166 g/mol. The van der Waals surface area contributed by atoms with Gasteiger partial charge in [-0.1, -0.05) is 0 Å². The van der Waals surface area contributed by atoms with Crippen molar-refractivity contribution >= 4 is 6.29 Å². The molecule has 0 aromatic carbocycles. The molecule has 70 valence electrons. The van der Waals surface area contributed by atoms with Gasteiger partial charge in [-0.15, -0.1) is 0 Å². The van der Waals surface area contributed by atoms with E-state index in [2.05, 4.69) is 16.9 Å². The maximum absolute atomic E-state index is 10.7. The van der Waals surface area contributed by atoms with Crippen molar-refractivity contribution in [3.63, 3.8) is 0 Å². The number of aromatic nitrogens is 2. The molecule has 0 saturated carbocycles. The van der Waals surface area contributed by atoms with Crippen LogP contribution in [0, 0.1) is 0 Å². The summed E-state index contributed by atoms with van der Waals surface area (Å²) in [7, 11) is 2.09. The normalized spacial score (nSPS) is 23.6. The largest absolute Gasteiger partial charge is 0.324 e. The third-order valence-electron chi connectivity index (χ3n) is 2.58. The minimum Gasteiger partial charge on any atom is -0.324 e. The van der Waals surface area contributed by atoms with Crippen LogP contribution in [-0.4, -0.2) is 40.9 Å². The second-order valence-electron chi connectivity index (χ2n) is 3.55. The Morgan fingerprint density at radius 3 is 3.15 bits per heavy atom. The Hall–Kier alpha value is -1.16. The number of hydrogen-bond acceptors (Lipinski definition) is 3. The Morgan fingerprint density at radius 2 is 2.54 bits per heavy atom. The zero-order valence-corrected chi connectivity index (χ0v) is 7.68. The summed E-state index contributed by atoms with van der Waals surface area (Å²) in [6, 6.07) is 0.424. The van der Waals surface area contributed by atoms with Crippen LogP contribution in [-0.2, 0) is 0 Å². The first-order valence-corrected chi connectivity index (χ1v) is 4.47. The van der Waals surface area contributed by atoms with E-state index in [9.17, 15) is 4.79 Å². The molecule has 1 fully saturated rings. The van der Waals surface area contributed by atoms with Crippen LogP contribution in [0.2, 0.25) is 0 Å². The number of aldehydes is 1. The van der Waals surface area contributed by atoms with E-state index >= 15 is 0 Å². The van der Waals surface area contributed by atoms with E-state index in [-0.39, 0.29) is 0 Å². The number of imidazole rings is 1. The van der Waals surface area contributed by atoms with Crippen LogP contribution in [0.15, 0.2) is 12.5 Å². The summed E-state index contributed by atoms with van der Waals surface area (Å²) in [6.45, 7) is 2.11. The highest BCUT2D eigenvalue weighted by atomic mass is 16.1. The summed E-state index contributed by atoms with van der Waals surface area (Å²) in [5.41, 5.74) is 0.681. The van der Waals surface area contributed by atoms with Crippen LogP contribution in [0.1, 0.15) is 23.0 Å². The van der Waals surface area contributed by atoms with Crippen molar-refractivity contribution < 1.29 is 4.79 Å². The van der Waals surface area contributed by atoms with Gasteiger partial charge >= 0.3 is 0 Å². The van der Waals surface area contributed by atoms with E-state index < -0.39 is 0 Å². The fourth-order valence-electron chi connectivity index (χ4n) is 1.85. The third kappa shape index (κ3) is 1.49. The number of carbonyl (C=O) groups excluding carboxylic acids is 1. The molecule has 1 aromatic heterocycles. The van der Waals surface area contributed by atoms with Crippen molar-refractivity contribution in [2.24, 2.45) is 0 Å². The summed E-state index contributed by atoms with van der Waals surface area (Å²) >= 11 is 0. The van der Waals surface area contributed by atoms with Crippen LogP contribution in [0.25, 0.3) is 0 Å². The molecule has 4 nitrogen and oxygen atoms in total. The summed E-state index contributed by atoms with van der Waals surface area (Å²) < 4.78 is 1.97. The van der Waals surface area contributed by atoms with Crippen molar-refractivity contribution in [3.05, 3.63) is 18.2 Å². The number of likely N-dealkylation sites (tertiary alicyclic amines) is 1. The van der Waals surface area contributed by atoms with E-state index in [1.165, 1.54) is 0 Å². The maximum atomic E-state index is 10.7. The average Bonchev–Trinajstić information content (AvgIpc) is 2.71. The van der Waals surface area contributed by atoms with Crippen LogP contribution in [0.5, 0.6) is 0 Å². The minimum absolute atomic E-state index is 0.424. The molecule has 0 N–H and O–H groups in total. The first kappa shape index (κ1) is 8.44. The molecule has 1 unspecified atom stereocenters. The molecule has 1 aliphatic heterocycles. The highest BCUT2D eigenvalue weighted by molar-refractivity contribution is 5.71. The number of likely N-dealkylation sites (N-methyl/N-ethyl adjacent to an activating group) is 1. The van der Waals surface area contributed by atoms with E-state index in [4.69, 9.17) is 0 Å². The fraction of sp³-hybridized carbons (Fsp3) is 0.556. The van der Waals surface area contributed by atoms with Gasteiger partial charge in [0.2, 0.25) is 0 Å².